The number of nitrogens with zero attached hydrogens (tertiary/aromatic N) is 2. The largest absolute Gasteiger partial charge is 0.493 e. The van der Waals surface area contributed by atoms with Gasteiger partial charge in [-0.15, -0.1) is 0 Å². The first-order valence-electron chi connectivity index (χ1n) is 10.7. The summed E-state index contributed by atoms with van der Waals surface area (Å²) < 4.78 is 16.5. The lowest BCUT2D eigenvalue weighted by molar-refractivity contribution is 0.0228. The molecule has 0 spiro atoms. The van der Waals surface area contributed by atoms with Gasteiger partial charge in [0.15, 0.2) is 11.5 Å². The lowest BCUT2D eigenvalue weighted by Gasteiger charge is -2.35. The Balaban J connectivity index is 1.88. The maximum Gasteiger partial charge on any atom is 0.254 e. The summed E-state index contributed by atoms with van der Waals surface area (Å²) in [5.74, 6) is 0.824. The average molecular weight is 447 g/mol. The molecule has 1 aliphatic heterocycles. The van der Waals surface area contributed by atoms with E-state index in [1.807, 2.05) is 42.2 Å². The summed E-state index contributed by atoms with van der Waals surface area (Å²) in [6.07, 6.45) is 0. The summed E-state index contributed by atoms with van der Waals surface area (Å²) >= 11 is 6.44. The minimum atomic E-state index is -0.0899. The van der Waals surface area contributed by atoms with E-state index in [-0.39, 0.29) is 11.9 Å². The lowest BCUT2D eigenvalue weighted by Crippen LogP contribution is -2.48. The van der Waals surface area contributed by atoms with Gasteiger partial charge in [-0.3, -0.25) is 9.69 Å². The molecule has 1 unspecified atom stereocenters. The van der Waals surface area contributed by atoms with Crippen molar-refractivity contribution in [1.82, 2.24) is 9.80 Å². The Bertz CT molecular complexity index is 856. The quantitative estimate of drug-likeness (QED) is 0.580. The van der Waals surface area contributed by atoms with Crippen LogP contribution in [0.5, 0.6) is 11.5 Å². The van der Waals surface area contributed by atoms with Crippen LogP contribution in [0.1, 0.15) is 29.8 Å². The molecule has 1 atom stereocenters. The van der Waals surface area contributed by atoms with Gasteiger partial charge >= 0.3 is 0 Å². The van der Waals surface area contributed by atoms with E-state index in [0.717, 1.165) is 38.4 Å². The fourth-order valence-corrected chi connectivity index (χ4v) is 4.02. The SMILES string of the molecule is CCOc1c(Cl)cc(C(=O)N(Cc2ccccc2)C(C)CN2CCOCC2)cc1OC. The lowest BCUT2D eigenvalue weighted by atomic mass is 10.1. The molecule has 168 valence electrons. The maximum atomic E-state index is 13.6. The van der Waals surface area contributed by atoms with Crippen molar-refractivity contribution < 1.29 is 19.0 Å². The van der Waals surface area contributed by atoms with Crippen molar-refractivity contribution in [2.24, 2.45) is 0 Å². The second-order valence-corrected chi connectivity index (χ2v) is 8.01. The maximum absolute atomic E-state index is 13.6. The standard InChI is InChI=1S/C24H31ClN2O4/c1-4-31-23-21(25)14-20(15-22(23)29-3)24(28)27(17-19-8-6-5-7-9-19)18(2)16-26-10-12-30-13-11-26/h5-9,14-15,18H,4,10-13,16-17H2,1-3H3. The third-order valence-corrected chi connectivity index (χ3v) is 5.66. The van der Waals surface area contributed by atoms with Gasteiger partial charge in [0.2, 0.25) is 0 Å². The van der Waals surface area contributed by atoms with Crippen LogP contribution in [0, 0.1) is 0 Å². The number of carbonyl (C=O) groups excluding carboxylic acids is 1. The highest BCUT2D eigenvalue weighted by molar-refractivity contribution is 6.32. The second-order valence-electron chi connectivity index (χ2n) is 7.60. The molecule has 1 saturated heterocycles. The molecule has 1 aliphatic rings. The van der Waals surface area contributed by atoms with E-state index in [2.05, 4.69) is 11.8 Å². The highest BCUT2D eigenvalue weighted by Crippen LogP contribution is 2.37. The molecule has 1 heterocycles. The van der Waals surface area contributed by atoms with Gasteiger partial charge < -0.3 is 19.1 Å². The second kappa shape index (κ2) is 11.4. The molecule has 7 heteroatoms. The van der Waals surface area contributed by atoms with Crippen molar-refractivity contribution >= 4 is 17.5 Å². The van der Waals surface area contributed by atoms with Crippen LogP contribution in [0.3, 0.4) is 0 Å². The van der Waals surface area contributed by atoms with Crippen molar-refractivity contribution in [3.63, 3.8) is 0 Å². The number of hydrogen-bond donors (Lipinski definition) is 0. The van der Waals surface area contributed by atoms with Gasteiger partial charge in [0.25, 0.3) is 5.91 Å². The number of halogens is 1. The third-order valence-electron chi connectivity index (χ3n) is 5.38. The van der Waals surface area contributed by atoms with E-state index in [1.165, 1.54) is 0 Å². The zero-order chi connectivity index (χ0) is 22.2. The monoisotopic (exact) mass is 446 g/mol. The molecular weight excluding hydrogens is 416 g/mol. The Hall–Kier alpha value is -2.28. The van der Waals surface area contributed by atoms with Gasteiger partial charge in [-0.1, -0.05) is 41.9 Å². The molecule has 0 aliphatic carbocycles. The molecule has 31 heavy (non-hydrogen) atoms. The summed E-state index contributed by atoms with van der Waals surface area (Å²) in [5, 5.41) is 0.366. The fourth-order valence-electron chi connectivity index (χ4n) is 3.76. The molecule has 6 nitrogen and oxygen atoms in total. The van der Waals surface area contributed by atoms with Crippen LogP contribution in [0.25, 0.3) is 0 Å². The van der Waals surface area contributed by atoms with Crippen LogP contribution in [0.2, 0.25) is 5.02 Å². The molecule has 0 saturated carbocycles. The van der Waals surface area contributed by atoms with Crippen molar-refractivity contribution in [1.29, 1.82) is 0 Å². The van der Waals surface area contributed by atoms with E-state index in [4.69, 9.17) is 25.8 Å². The Labute approximate surface area is 189 Å². The molecule has 2 aromatic rings. The minimum Gasteiger partial charge on any atom is -0.493 e. The molecule has 0 aromatic heterocycles. The number of methoxy groups -OCH3 is 1. The summed E-state index contributed by atoms with van der Waals surface area (Å²) in [4.78, 5) is 17.9. The highest BCUT2D eigenvalue weighted by atomic mass is 35.5. The van der Waals surface area contributed by atoms with Gasteiger partial charge in [0.05, 0.1) is 32.0 Å². The van der Waals surface area contributed by atoms with Crippen LogP contribution >= 0.6 is 11.6 Å². The van der Waals surface area contributed by atoms with Crippen LogP contribution in [-0.2, 0) is 11.3 Å². The number of rotatable bonds is 9. The number of amides is 1. The van der Waals surface area contributed by atoms with E-state index >= 15 is 0 Å². The molecule has 3 rings (SSSR count). The summed E-state index contributed by atoms with van der Waals surface area (Å²) in [5.41, 5.74) is 1.56. The Morgan fingerprint density at radius 1 is 1.23 bits per heavy atom. The van der Waals surface area contributed by atoms with Crippen LogP contribution in [-0.4, -0.2) is 68.3 Å². The number of benzene rings is 2. The molecule has 0 bridgehead atoms. The summed E-state index contributed by atoms with van der Waals surface area (Å²) in [6.45, 7) is 8.92. The molecule has 0 N–H and O–H groups in total. The van der Waals surface area contributed by atoms with Crippen LogP contribution in [0.15, 0.2) is 42.5 Å². The first kappa shape index (κ1) is 23.4. The van der Waals surface area contributed by atoms with Crippen LogP contribution in [0.4, 0.5) is 0 Å². The number of morpholine rings is 1. The highest BCUT2D eigenvalue weighted by Gasteiger charge is 2.26. The zero-order valence-electron chi connectivity index (χ0n) is 18.5. The molecule has 1 fully saturated rings. The van der Waals surface area contributed by atoms with E-state index in [0.29, 0.717) is 35.2 Å². The fraction of sp³-hybridized carbons (Fsp3) is 0.458. The van der Waals surface area contributed by atoms with E-state index in [1.54, 1.807) is 19.2 Å². The normalized spacial score (nSPS) is 15.4. The van der Waals surface area contributed by atoms with Crippen molar-refractivity contribution in [2.45, 2.75) is 26.4 Å². The van der Waals surface area contributed by atoms with Crippen LogP contribution < -0.4 is 9.47 Å². The zero-order valence-corrected chi connectivity index (χ0v) is 19.2. The van der Waals surface area contributed by atoms with Gasteiger partial charge in [0.1, 0.15) is 0 Å². The molecule has 1 amide bonds. The molecular formula is C24H31ClN2O4. The van der Waals surface area contributed by atoms with E-state index in [9.17, 15) is 4.79 Å². The number of hydrogen-bond acceptors (Lipinski definition) is 5. The number of ether oxygens (including phenoxy) is 3. The van der Waals surface area contributed by atoms with Gasteiger partial charge in [-0.05, 0) is 31.5 Å². The van der Waals surface area contributed by atoms with E-state index < -0.39 is 0 Å². The predicted octanol–water partition coefficient (Wildman–Crippen LogP) is 4.11. The Morgan fingerprint density at radius 2 is 1.94 bits per heavy atom. The Kier molecular flexibility index (Phi) is 8.58. The van der Waals surface area contributed by atoms with Crippen molar-refractivity contribution in [3.8, 4) is 11.5 Å². The first-order chi connectivity index (χ1) is 15.0. The Morgan fingerprint density at radius 3 is 2.58 bits per heavy atom. The smallest absolute Gasteiger partial charge is 0.254 e. The van der Waals surface area contributed by atoms with Gasteiger partial charge in [-0.2, -0.15) is 0 Å². The van der Waals surface area contributed by atoms with Crippen molar-refractivity contribution in [3.05, 3.63) is 58.6 Å². The average Bonchev–Trinajstić information content (AvgIpc) is 2.79. The summed E-state index contributed by atoms with van der Waals surface area (Å²) in [6, 6.07) is 13.4. The summed E-state index contributed by atoms with van der Waals surface area (Å²) in [7, 11) is 1.55. The first-order valence-corrected chi connectivity index (χ1v) is 11.1. The molecule has 2 aromatic carbocycles. The minimum absolute atomic E-state index is 0.00199. The number of carbonyl (C=O) groups is 1. The topological polar surface area (TPSA) is 51.2 Å². The third kappa shape index (κ3) is 6.12. The molecule has 0 radical (unpaired) electrons. The predicted molar refractivity (Wildman–Crippen MR) is 122 cm³/mol. The van der Waals surface area contributed by atoms with Gasteiger partial charge in [-0.25, -0.2) is 0 Å². The van der Waals surface area contributed by atoms with Gasteiger partial charge in [0, 0.05) is 37.8 Å². The van der Waals surface area contributed by atoms with Crippen molar-refractivity contribution in [2.75, 3.05) is 46.6 Å².